The van der Waals surface area contributed by atoms with E-state index in [4.69, 9.17) is 4.42 Å². The molecule has 1 aromatic heterocycles. The summed E-state index contributed by atoms with van der Waals surface area (Å²) in [6.07, 6.45) is 8.47. The van der Waals surface area contributed by atoms with Crippen LogP contribution in [-0.2, 0) is 4.79 Å². The molecule has 20 heavy (non-hydrogen) atoms. The maximum Gasteiger partial charge on any atom is 0.286 e. The molecule has 0 saturated carbocycles. The molecule has 4 heteroatoms. The largest absolute Gasteiger partial charge is 0.459 e. The van der Waals surface area contributed by atoms with Gasteiger partial charge in [-0.3, -0.25) is 4.79 Å². The second kappa shape index (κ2) is 12.5. The van der Waals surface area contributed by atoms with Gasteiger partial charge >= 0.3 is 0 Å². The third-order valence-electron chi connectivity index (χ3n) is 2.71. The summed E-state index contributed by atoms with van der Waals surface area (Å²) in [6, 6.07) is 3.32. The number of furan rings is 1. The molecule has 0 radical (unpaired) electrons. The van der Waals surface area contributed by atoms with Gasteiger partial charge in [0.2, 0.25) is 0 Å². The van der Waals surface area contributed by atoms with Gasteiger partial charge in [-0.05, 0) is 32.4 Å². The van der Waals surface area contributed by atoms with Gasteiger partial charge in [0, 0.05) is 13.0 Å². The minimum atomic E-state index is -0.160. The van der Waals surface area contributed by atoms with Gasteiger partial charge in [-0.25, -0.2) is 0 Å². The van der Waals surface area contributed by atoms with E-state index in [0.29, 0.717) is 18.1 Å². The van der Waals surface area contributed by atoms with E-state index in [-0.39, 0.29) is 5.91 Å². The number of Topliss-reactive ketones (excluding diaryl/α,β-unsaturated/α-hetero) is 1. The van der Waals surface area contributed by atoms with Crippen molar-refractivity contribution in [1.29, 1.82) is 0 Å². The van der Waals surface area contributed by atoms with Crippen molar-refractivity contribution < 1.29 is 14.0 Å². The van der Waals surface area contributed by atoms with Crippen molar-refractivity contribution in [2.45, 2.75) is 59.3 Å². The highest BCUT2D eigenvalue weighted by atomic mass is 16.3. The van der Waals surface area contributed by atoms with Crippen LogP contribution in [0.3, 0.4) is 0 Å². The number of unbranched alkanes of at least 4 members (excludes halogenated alkanes) is 4. The lowest BCUT2D eigenvalue weighted by Crippen LogP contribution is -2.21. The maximum atomic E-state index is 10.9. The van der Waals surface area contributed by atoms with Crippen molar-refractivity contribution >= 4 is 11.7 Å². The first kappa shape index (κ1) is 18.4. The van der Waals surface area contributed by atoms with E-state index in [0.717, 1.165) is 12.8 Å². The van der Waals surface area contributed by atoms with Crippen molar-refractivity contribution in [3.8, 4) is 0 Å². The molecule has 0 aliphatic carbocycles. The van der Waals surface area contributed by atoms with E-state index in [1.807, 2.05) is 6.92 Å². The molecule has 0 unspecified atom stereocenters. The average Bonchev–Trinajstić information content (AvgIpc) is 2.93. The number of ketones is 1. The Morgan fingerprint density at radius 1 is 1.15 bits per heavy atom. The van der Waals surface area contributed by atoms with Crippen LogP contribution in [0.15, 0.2) is 22.8 Å². The monoisotopic (exact) mass is 281 g/mol. The lowest BCUT2D eigenvalue weighted by Gasteiger charge is -1.95. The molecule has 0 fully saturated rings. The van der Waals surface area contributed by atoms with E-state index in [1.165, 1.54) is 31.9 Å². The van der Waals surface area contributed by atoms with Crippen molar-refractivity contribution in [3.05, 3.63) is 24.2 Å². The van der Waals surface area contributed by atoms with Gasteiger partial charge in [0.05, 0.1) is 6.26 Å². The van der Waals surface area contributed by atoms with Gasteiger partial charge in [-0.1, -0.05) is 32.6 Å². The van der Waals surface area contributed by atoms with Gasteiger partial charge in [-0.2, -0.15) is 0 Å². The molecular formula is C16H27NO3. The standard InChI is InChI=1S/C9H18O.C7H9NO2/c1-3-4-5-6-7-8-9(2)10;1-2-8-7(9)6-4-3-5-10-6/h3-8H2,1-2H3;3-5H,2H2,1H3,(H,8,9). The van der Waals surface area contributed by atoms with E-state index in [9.17, 15) is 9.59 Å². The molecule has 114 valence electrons. The van der Waals surface area contributed by atoms with Crippen molar-refractivity contribution in [2.75, 3.05) is 6.54 Å². The van der Waals surface area contributed by atoms with Crippen LogP contribution in [0.5, 0.6) is 0 Å². The molecule has 1 N–H and O–H groups in total. The Balaban J connectivity index is 0.000000361. The Labute approximate surface area is 121 Å². The molecule has 0 bridgehead atoms. The fourth-order valence-electron chi connectivity index (χ4n) is 1.63. The highest BCUT2D eigenvalue weighted by molar-refractivity contribution is 5.91. The normalized spacial score (nSPS) is 9.55. The first-order valence-electron chi connectivity index (χ1n) is 7.42. The Morgan fingerprint density at radius 2 is 1.85 bits per heavy atom. The summed E-state index contributed by atoms with van der Waals surface area (Å²) in [7, 11) is 0. The zero-order chi connectivity index (χ0) is 15.2. The zero-order valence-electron chi connectivity index (χ0n) is 12.9. The highest BCUT2D eigenvalue weighted by Crippen LogP contribution is 2.04. The topological polar surface area (TPSA) is 59.3 Å². The summed E-state index contributed by atoms with van der Waals surface area (Å²) >= 11 is 0. The third kappa shape index (κ3) is 10.4. The lowest BCUT2D eigenvalue weighted by molar-refractivity contribution is -0.117. The SMILES string of the molecule is CCCCCCCC(C)=O.CCNC(=O)c1ccco1. The third-order valence-corrected chi connectivity index (χ3v) is 2.71. The van der Waals surface area contributed by atoms with E-state index in [2.05, 4.69) is 12.2 Å². The predicted molar refractivity (Wildman–Crippen MR) is 80.8 cm³/mol. The summed E-state index contributed by atoms with van der Waals surface area (Å²) in [5.41, 5.74) is 0. The first-order valence-corrected chi connectivity index (χ1v) is 7.42. The molecular weight excluding hydrogens is 254 g/mol. The van der Waals surface area contributed by atoms with Crippen LogP contribution in [-0.4, -0.2) is 18.2 Å². The Morgan fingerprint density at radius 3 is 2.35 bits per heavy atom. The zero-order valence-corrected chi connectivity index (χ0v) is 12.9. The summed E-state index contributed by atoms with van der Waals surface area (Å²) in [5, 5.41) is 2.62. The van der Waals surface area contributed by atoms with Crippen LogP contribution in [0.4, 0.5) is 0 Å². The van der Waals surface area contributed by atoms with Crippen LogP contribution in [0.2, 0.25) is 0 Å². The van der Waals surface area contributed by atoms with Crippen molar-refractivity contribution in [3.63, 3.8) is 0 Å². The molecule has 1 rings (SSSR count). The fraction of sp³-hybridized carbons (Fsp3) is 0.625. The van der Waals surface area contributed by atoms with Crippen LogP contribution >= 0.6 is 0 Å². The van der Waals surface area contributed by atoms with Crippen molar-refractivity contribution in [2.24, 2.45) is 0 Å². The number of amides is 1. The highest BCUT2D eigenvalue weighted by Gasteiger charge is 2.04. The average molecular weight is 281 g/mol. The Hall–Kier alpha value is -1.58. The second-order valence-electron chi connectivity index (χ2n) is 4.70. The molecule has 1 heterocycles. The molecule has 0 aliphatic rings. The van der Waals surface area contributed by atoms with Crippen LogP contribution in [0.1, 0.15) is 69.9 Å². The molecule has 0 spiro atoms. The van der Waals surface area contributed by atoms with Crippen LogP contribution < -0.4 is 5.32 Å². The number of hydrogen-bond acceptors (Lipinski definition) is 3. The molecule has 0 atom stereocenters. The second-order valence-corrected chi connectivity index (χ2v) is 4.70. The number of nitrogens with one attached hydrogen (secondary N) is 1. The summed E-state index contributed by atoms with van der Waals surface area (Å²) in [6.45, 7) is 6.35. The van der Waals surface area contributed by atoms with Crippen molar-refractivity contribution in [1.82, 2.24) is 5.32 Å². The van der Waals surface area contributed by atoms with E-state index in [1.54, 1.807) is 19.1 Å². The van der Waals surface area contributed by atoms with Crippen LogP contribution in [0, 0.1) is 0 Å². The van der Waals surface area contributed by atoms with E-state index < -0.39 is 0 Å². The minimum absolute atomic E-state index is 0.160. The lowest BCUT2D eigenvalue weighted by atomic mass is 10.1. The Kier molecular flexibility index (Phi) is 11.5. The number of hydrogen-bond donors (Lipinski definition) is 1. The quantitative estimate of drug-likeness (QED) is 0.733. The van der Waals surface area contributed by atoms with Gasteiger partial charge in [-0.15, -0.1) is 0 Å². The summed E-state index contributed by atoms with van der Waals surface area (Å²) in [4.78, 5) is 21.4. The maximum absolute atomic E-state index is 10.9. The fourth-order valence-corrected chi connectivity index (χ4v) is 1.63. The molecule has 1 aromatic rings. The smallest absolute Gasteiger partial charge is 0.286 e. The number of rotatable bonds is 8. The van der Waals surface area contributed by atoms with E-state index >= 15 is 0 Å². The minimum Gasteiger partial charge on any atom is -0.459 e. The van der Waals surface area contributed by atoms with Gasteiger partial charge < -0.3 is 14.5 Å². The number of carbonyl (C=O) groups is 2. The Bertz CT molecular complexity index is 358. The summed E-state index contributed by atoms with van der Waals surface area (Å²) < 4.78 is 4.84. The summed E-state index contributed by atoms with van der Waals surface area (Å²) in [5.74, 6) is 0.533. The molecule has 1 amide bonds. The van der Waals surface area contributed by atoms with Crippen LogP contribution in [0.25, 0.3) is 0 Å². The predicted octanol–water partition coefficient (Wildman–Crippen LogP) is 3.97. The molecule has 0 saturated heterocycles. The number of carbonyl (C=O) groups excluding carboxylic acids is 2. The van der Waals surface area contributed by atoms with Gasteiger partial charge in [0.25, 0.3) is 5.91 Å². The molecule has 0 aromatic carbocycles. The molecule has 0 aliphatic heterocycles. The molecule has 4 nitrogen and oxygen atoms in total. The van der Waals surface area contributed by atoms with Gasteiger partial charge in [0.1, 0.15) is 5.78 Å². The van der Waals surface area contributed by atoms with Gasteiger partial charge in [0.15, 0.2) is 5.76 Å². The first-order chi connectivity index (χ1) is 9.61.